The summed E-state index contributed by atoms with van der Waals surface area (Å²) in [7, 11) is 1.64. The van der Waals surface area contributed by atoms with E-state index < -0.39 is 12.3 Å². The highest BCUT2D eigenvalue weighted by Crippen LogP contribution is 2.41. The summed E-state index contributed by atoms with van der Waals surface area (Å²) in [5, 5.41) is 4.98. The molecule has 2 saturated heterocycles. The van der Waals surface area contributed by atoms with Crippen molar-refractivity contribution < 1.29 is 19.1 Å². The van der Waals surface area contributed by atoms with Crippen molar-refractivity contribution in [2.24, 2.45) is 11.8 Å². The van der Waals surface area contributed by atoms with Gasteiger partial charge in [0, 0.05) is 12.5 Å². The van der Waals surface area contributed by atoms with E-state index >= 15 is 0 Å². The van der Waals surface area contributed by atoms with Crippen molar-refractivity contribution in [3.63, 3.8) is 0 Å². The first kappa shape index (κ1) is 13.1. The molecule has 0 aromatic rings. The maximum absolute atomic E-state index is 11.8. The second kappa shape index (κ2) is 4.92. The van der Waals surface area contributed by atoms with Gasteiger partial charge in [0.15, 0.2) is 0 Å². The maximum Gasteiger partial charge on any atom is 0.323 e. The fraction of sp³-hybridized carbons (Fsp3) is 0.833. The van der Waals surface area contributed by atoms with Gasteiger partial charge in [-0.15, -0.1) is 11.6 Å². The van der Waals surface area contributed by atoms with Crippen LogP contribution in [0.3, 0.4) is 0 Å². The van der Waals surface area contributed by atoms with Crippen LogP contribution in [-0.2, 0) is 14.3 Å². The number of nitrogens with one attached hydrogen (secondary N) is 2. The molecule has 2 aliphatic heterocycles. The summed E-state index contributed by atoms with van der Waals surface area (Å²) in [5.41, 5.74) is 0. The van der Waals surface area contributed by atoms with Crippen LogP contribution in [0.2, 0.25) is 0 Å². The number of rotatable bonds is 1. The number of methoxy groups -OCH3 is 1. The van der Waals surface area contributed by atoms with E-state index in [9.17, 15) is 9.59 Å². The zero-order chi connectivity index (χ0) is 13.6. The molecule has 0 bridgehead atoms. The molecule has 1 aliphatic carbocycles. The van der Waals surface area contributed by atoms with Gasteiger partial charge in [0.1, 0.15) is 6.23 Å². The Hall–Kier alpha value is -0.850. The Morgan fingerprint density at radius 1 is 1.32 bits per heavy atom. The molecule has 19 heavy (non-hydrogen) atoms. The molecule has 3 rings (SSSR count). The van der Waals surface area contributed by atoms with Crippen LogP contribution in [0.5, 0.6) is 0 Å². The predicted octanol–water partition coefficient (Wildman–Crippen LogP) is 0.589. The molecule has 6 nitrogen and oxygen atoms in total. The Labute approximate surface area is 116 Å². The summed E-state index contributed by atoms with van der Waals surface area (Å²) in [5.74, 6) is -0.403. The van der Waals surface area contributed by atoms with Crippen molar-refractivity contribution in [3.8, 4) is 0 Å². The molecule has 1 saturated carbocycles. The van der Waals surface area contributed by atoms with Crippen LogP contribution < -0.4 is 10.6 Å². The second-order valence-corrected chi connectivity index (χ2v) is 6.05. The van der Waals surface area contributed by atoms with Crippen molar-refractivity contribution in [2.45, 2.75) is 43.1 Å². The second-order valence-electron chi connectivity index (χ2n) is 5.43. The van der Waals surface area contributed by atoms with Gasteiger partial charge in [0.2, 0.25) is 5.91 Å². The minimum atomic E-state index is -0.549. The quantitative estimate of drug-likeness (QED) is 0.693. The third kappa shape index (κ3) is 2.32. The van der Waals surface area contributed by atoms with Gasteiger partial charge < -0.3 is 14.8 Å². The van der Waals surface area contributed by atoms with Gasteiger partial charge >= 0.3 is 6.03 Å². The van der Waals surface area contributed by atoms with Crippen molar-refractivity contribution in [1.29, 1.82) is 0 Å². The van der Waals surface area contributed by atoms with Crippen molar-refractivity contribution >= 4 is 23.5 Å². The molecule has 0 aromatic carbocycles. The van der Waals surface area contributed by atoms with E-state index in [-0.39, 0.29) is 35.3 Å². The Morgan fingerprint density at radius 2 is 2.11 bits per heavy atom. The number of ether oxygens (including phenoxy) is 2. The van der Waals surface area contributed by atoms with Crippen LogP contribution in [0, 0.1) is 11.8 Å². The molecule has 2 heterocycles. The van der Waals surface area contributed by atoms with E-state index in [0.717, 1.165) is 12.8 Å². The summed E-state index contributed by atoms with van der Waals surface area (Å²) in [6, 6.07) is -0.496. The molecule has 0 radical (unpaired) electrons. The summed E-state index contributed by atoms with van der Waals surface area (Å²) >= 11 is 6.24. The van der Waals surface area contributed by atoms with E-state index in [2.05, 4.69) is 10.6 Å². The number of alkyl halides is 1. The molecular formula is C12H17ClN2O4. The van der Waals surface area contributed by atoms with Crippen LogP contribution in [0.4, 0.5) is 4.79 Å². The van der Waals surface area contributed by atoms with E-state index in [1.807, 2.05) is 0 Å². The van der Waals surface area contributed by atoms with Gasteiger partial charge in [0.05, 0.1) is 18.1 Å². The van der Waals surface area contributed by atoms with Crippen LogP contribution >= 0.6 is 11.6 Å². The van der Waals surface area contributed by atoms with E-state index in [1.165, 1.54) is 0 Å². The molecule has 3 aliphatic rings. The first-order chi connectivity index (χ1) is 9.08. The average Bonchev–Trinajstić information content (AvgIpc) is 2.36. The van der Waals surface area contributed by atoms with Crippen LogP contribution in [0.15, 0.2) is 0 Å². The lowest BCUT2D eigenvalue weighted by Gasteiger charge is -2.48. The van der Waals surface area contributed by atoms with E-state index in [4.69, 9.17) is 21.1 Å². The predicted molar refractivity (Wildman–Crippen MR) is 66.6 cm³/mol. The molecule has 106 valence electrons. The number of halogens is 1. The molecule has 7 heteroatoms. The van der Waals surface area contributed by atoms with Crippen molar-refractivity contribution in [3.05, 3.63) is 0 Å². The summed E-state index contributed by atoms with van der Waals surface area (Å²) in [6.07, 6.45) is 1.49. The highest BCUT2D eigenvalue weighted by atomic mass is 35.5. The lowest BCUT2D eigenvalue weighted by atomic mass is 9.75. The standard InChI is InChI=1S/C12H17ClN2O4/c1-18-8-4-6(13)2-5-3-7-10(16)14-12(17)15-11(7)19-9(5)8/h5-9,11H,2-4H2,1H3,(H2,14,15,16,17). The number of carbonyl (C=O) groups excluding carboxylic acids is 2. The van der Waals surface area contributed by atoms with E-state index in [1.54, 1.807) is 7.11 Å². The van der Waals surface area contributed by atoms with Gasteiger partial charge in [-0.3, -0.25) is 10.1 Å². The average molecular weight is 289 g/mol. The van der Waals surface area contributed by atoms with Crippen LogP contribution in [0.25, 0.3) is 0 Å². The van der Waals surface area contributed by atoms with Gasteiger partial charge in [-0.25, -0.2) is 4.79 Å². The molecule has 3 amide bonds. The number of fused-ring (bicyclic) bond motifs is 2. The maximum atomic E-state index is 11.8. The first-order valence-corrected chi connectivity index (χ1v) is 6.96. The molecule has 3 fully saturated rings. The highest BCUT2D eigenvalue weighted by molar-refractivity contribution is 6.20. The topological polar surface area (TPSA) is 76.7 Å². The molecule has 2 N–H and O–H groups in total. The highest BCUT2D eigenvalue weighted by Gasteiger charge is 2.49. The molecule has 6 atom stereocenters. The monoisotopic (exact) mass is 288 g/mol. The normalized spacial score (nSPS) is 45.8. The summed E-state index contributed by atoms with van der Waals surface area (Å²) in [4.78, 5) is 23.1. The molecule has 6 unspecified atom stereocenters. The van der Waals surface area contributed by atoms with Gasteiger partial charge in [-0.2, -0.15) is 0 Å². The van der Waals surface area contributed by atoms with Crippen LogP contribution in [0.1, 0.15) is 19.3 Å². The fourth-order valence-corrected chi connectivity index (χ4v) is 3.78. The van der Waals surface area contributed by atoms with Crippen molar-refractivity contribution in [1.82, 2.24) is 10.6 Å². The Bertz CT molecular complexity index is 405. The van der Waals surface area contributed by atoms with E-state index in [0.29, 0.717) is 6.42 Å². The zero-order valence-electron chi connectivity index (χ0n) is 10.6. The smallest absolute Gasteiger partial charge is 0.323 e. The summed E-state index contributed by atoms with van der Waals surface area (Å²) < 4.78 is 11.4. The molecule has 0 spiro atoms. The number of carbonyl (C=O) groups is 2. The number of urea groups is 1. The number of imide groups is 1. The van der Waals surface area contributed by atoms with Gasteiger partial charge in [0.25, 0.3) is 0 Å². The summed E-state index contributed by atoms with van der Waals surface area (Å²) in [6.45, 7) is 0. The fourth-order valence-electron chi connectivity index (χ4n) is 3.37. The SMILES string of the molecule is COC1CC(Cl)CC2CC3C(=O)NC(=O)NC3OC21. The zero-order valence-corrected chi connectivity index (χ0v) is 11.4. The van der Waals surface area contributed by atoms with Crippen LogP contribution in [-0.4, -0.2) is 42.9 Å². The third-order valence-corrected chi connectivity index (χ3v) is 4.61. The van der Waals surface area contributed by atoms with Crippen molar-refractivity contribution in [2.75, 3.05) is 7.11 Å². The van der Waals surface area contributed by atoms with Gasteiger partial charge in [-0.1, -0.05) is 0 Å². The lowest BCUT2D eigenvalue weighted by molar-refractivity contribution is -0.190. The number of hydrogen-bond donors (Lipinski definition) is 2. The lowest BCUT2D eigenvalue weighted by Crippen LogP contribution is -2.65. The van der Waals surface area contributed by atoms with Gasteiger partial charge in [-0.05, 0) is 25.2 Å². The Kier molecular flexibility index (Phi) is 3.41. The third-order valence-electron chi connectivity index (χ3n) is 4.25. The minimum absolute atomic E-state index is 0.0487. The minimum Gasteiger partial charge on any atom is -0.379 e. The largest absolute Gasteiger partial charge is 0.379 e. The molecular weight excluding hydrogens is 272 g/mol. The molecule has 0 aromatic heterocycles. The first-order valence-electron chi connectivity index (χ1n) is 6.52. The Balaban J connectivity index is 1.79. The number of amides is 3. The number of hydrogen-bond acceptors (Lipinski definition) is 4. The Morgan fingerprint density at radius 3 is 2.84 bits per heavy atom.